The molecule has 3 aliphatic carbocycles. The van der Waals surface area contributed by atoms with Gasteiger partial charge in [-0.05, 0) is 26.2 Å². The fourth-order valence-corrected chi connectivity index (χ4v) is 8.85. The number of ketones is 2. The predicted molar refractivity (Wildman–Crippen MR) is 131 cm³/mol. The van der Waals surface area contributed by atoms with Crippen LogP contribution in [-0.4, -0.2) is 70.7 Å². The zero-order valence-electron chi connectivity index (χ0n) is 23.2. The maximum Gasteiger partial charge on any atom is 0.358 e. The van der Waals surface area contributed by atoms with E-state index in [0.717, 1.165) is 7.11 Å². The van der Waals surface area contributed by atoms with Crippen molar-refractivity contribution >= 4 is 29.5 Å². The standard InChI is InChI=1S/C28H38O10/c1-12-10-14-26(6)16(31)11-15(30)24(3,4)18(26)17(32)20(37-13(2)29)27(14,7)19-21(33)38-28(8,23(35)36-9)22(34)25(12,19)5/h14,16-20,31-32H,1,10-11H2,2-9H3/t14-,16+,17-,18+,19-,20-,25+,26+,27-,28-/m0/s1. The zero-order valence-corrected chi connectivity index (χ0v) is 23.2. The number of Topliss-reactive ketones (excluding diaryl/α,β-unsaturated/α-hetero) is 2. The first kappa shape index (κ1) is 28.4. The van der Waals surface area contributed by atoms with Gasteiger partial charge in [-0.2, -0.15) is 0 Å². The Labute approximate surface area is 222 Å². The van der Waals surface area contributed by atoms with Gasteiger partial charge >= 0.3 is 17.9 Å². The number of allylic oxidation sites excluding steroid dienone is 1. The molecule has 0 unspecified atom stereocenters. The summed E-state index contributed by atoms with van der Waals surface area (Å²) in [7, 11) is 1.08. The quantitative estimate of drug-likeness (QED) is 0.231. The molecule has 38 heavy (non-hydrogen) atoms. The van der Waals surface area contributed by atoms with Crippen LogP contribution in [0.5, 0.6) is 0 Å². The van der Waals surface area contributed by atoms with Crippen LogP contribution in [0.25, 0.3) is 0 Å². The molecule has 0 bridgehead atoms. The highest BCUT2D eigenvalue weighted by Gasteiger charge is 2.79. The summed E-state index contributed by atoms with van der Waals surface area (Å²) in [5, 5.41) is 23.3. The van der Waals surface area contributed by atoms with Crippen LogP contribution in [0.15, 0.2) is 12.2 Å². The van der Waals surface area contributed by atoms with Crippen molar-refractivity contribution in [2.45, 2.75) is 85.2 Å². The second-order valence-electron chi connectivity index (χ2n) is 12.9. The molecular weight excluding hydrogens is 496 g/mol. The summed E-state index contributed by atoms with van der Waals surface area (Å²) < 4.78 is 16.1. The van der Waals surface area contributed by atoms with E-state index in [-0.39, 0.29) is 18.6 Å². The summed E-state index contributed by atoms with van der Waals surface area (Å²) in [6.07, 6.45) is -4.03. The lowest BCUT2D eigenvalue weighted by Gasteiger charge is -2.71. The third-order valence-electron chi connectivity index (χ3n) is 10.7. The Morgan fingerprint density at radius 1 is 1.00 bits per heavy atom. The van der Waals surface area contributed by atoms with Gasteiger partial charge in [0.25, 0.3) is 5.60 Å². The zero-order chi connectivity index (χ0) is 29.0. The molecule has 0 aromatic heterocycles. The van der Waals surface area contributed by atoms with Gasteiger partial charge < -0.3 is 24.4 Å². The summed E-state index contributed by atoms with van der Waals surface area (Å²) in [6, 6.07) is 0. The highest BCUT2D eigenvalue weighted by molar-refractivity contribution is 6.15. The molecule has 0 aromatic rings. The Balaban J connectivity index is 2.01. The lowest BCUT2D eigenvalue weighted by molar-refractivity contribution is -0.293. The topological polar surface area (TPSA) is 154 Å². The number of carbonyl (C=O) groups is 5. The minimum absolute atomic E-state index is 0.110. The number of rotatable bonds is 2. The Hall–Kier alpha value is -2.59. The first-order chi connectivity index (χ1) is 17.3. The van der Waals surface area contributed by atoms with Crippen molar-refractivity contribution in [3.63, 3.8) is 0 Å². The van der Waals surface area contributed by atoms with Gasteiger partial charge in [-0.15, -0.1) is 0 Å². The van der Waals surface area contributed by atoms with E-state index in [1.54, 1.807) is 27.7 Å². The lowest BCUT2D eigenvalue weighted by Crippen LogP contribution is -2.78. The number of fused-ring (bicyclic) bond motifs is 5. The van der Waals surface area contributed by atoms with Crippen molar-refractivity contribution in [3.05, 3.63) is 12.2 Å². The normalized spacial score (nSPS) is 47.7. The summed E-state index contributed by atoms with van der Waals surface area (Å²) in [4.78, 5) is 66.1. The highest BCUT2D eigenvalue weighted by Crippen LogP contribution is 2.72. The molecule has 0 amide bonds. The number of carbonyl (C=O) groups excluding carboxylic acids is 5. The third kappa shape index (κ3) is 3.10. The molecule has 1 aliphatic heterocycles. The number of aliphatic hydroxyl groups excluding tert-OH is 2. The molecule has 210 valence electrons. The van der Waals surface area contributed by atoms with Gasteiger partial charge in [0.2, 0.25) is 0 Å². The number of esters is 3. The molecule has 3 saturated carbocycles. The van der Waals surface area contributed by atoms with Crippen LogP contribution in [0.2, 0.25) is 0 Å². The first-order valence-electron chi connectivity index (χ1n) is 12.9. The van der Waals surface area contributed by atoms with E-state index in [1.165, 1.54) is 20.8 Å². The fourth-order valence-electron chi connectivity index (χ4n) is 8.85. The van der Waals surface area contributed by atoms with Gasteiger partial charge in [-0.3, -0.25) is 19.2 Å². The average molecular weight is 535 g/mol. The number of aliphatic hydroxyl groups is 2. The van der Waals surface area contributed by atoms with Crippen molar-refractivity contribution in [1.82, 2.24) is 0 Å². The number of cyclic esters (lactones) is 1. The molecular formula is C28H38O10. The first-order valence-corrected chi connectivity index (χ1v) is 12.9. The fraction of sp³-hybridized carbons (Fsp3) is 0.750. The van der Waals surface area contributed by atoms with Crippen LogP contribution in [0.1, 0.15) is 61.3 Å². The van der Waals surface area contributed by atoms with Crippen molar-refractivity contribution in [1.29, 1.82) is 0 Å². The van der Waals surface area contributed by atoms with E-state index in [4.69, 9.17) is 14.2 Å². The molecule has 4 aliphatic rings. The number of ether oxygens (including phenoxy) is 3. The van der Waals surface area contributed by atoms with E-state index in [1.807, 2.05) is 0 Å². The Bertz CT molecular complexity index is 1160. The van der Waals surface area contributed by atoms with Gasteiger partial charge in [-0.25, -0.2) is 4.79 Å². The van der Waals surface area contributed by atoms with E-state index in [0.29, 0.717) is 5.57 Å². The lowest BCUT2D eigenvalue weighted by atomic mass is 9.33. The van der Waals surface area contributed by atoms with Crippen molar-refractivity contribution in [2.75, 3.05) is 7.11 Å². The van der Waals surface area contributed by atoms with Gasteiger partial charge in [0.15, 0.2) is 5.78 Å². The van der Waals surface area contributed by atoms with Gasteiger partial charge in [0, 0.05) is 35.5 Å². The van der Waals surface area contributed by atoms with Crippen LogP contribution < -0.4 is 0 Å². The van der Waals surface area contributed by atoms with Crippen LogP contribution >= 0.6 is 0 Å². The Morgan fingerprint density at radius 2 is 1.58 bits per heavy atom. The number of hydrogen-bond acceptors (Lipinski definition) is 10. The largest absolute Gasteiger partial charge is 0.466 e. The van der Waals surface area contributed by atoms with Crippen LogP contribution in [0.3, 0.4) is 0 Å². The molecule has 2 N–H and O–H groups in total. The summed E-state index contributed by atoms with van der Waals surface area (Å²) in [6.45, 7) is 14.9. The molecule has 10 nitrogen and oxygen atoms in total. The second kappa shape index (κ2) is 8.21. The van der Waals surface area contributed by atoms with E-state index < -0.39 is 87.0 Å². The maximum absolute atomic E-state index is 14.1. The van der Waals surface area contributed by atoms with Gasteiger partial charge in [0.1, 0.15) is 11.9 Å². The minimum Gasteiger partial charge on any atom is -0.466 e. The smallest absolute Gasteiger partial charge is 0.358 e. The maximum atomic E-state index is 14.1. The summed E-state index contributed by atoms with van der Waals surface area (Å²) in [5.41, 5.74) is -7.20. The molecule has 1 saturated heterocycles. The summed E-state index contributed by atoms with van der Waals surface area (Å²) in [5.74, 6) is -6.46. The predicted octanol–water partition coefficient (Wildman–Crippen LogP) is 1.54. The van der Waals surface area contributed by atoms with Crippen molar-refractivity contribution in [2.24, 2.45) is 39.4 Å². The molecule has 10 heteroatoms. The Kier molecular flexibility index (Phi) is 6.14. The molecule has 0 spiro atoms. The third-order valence-corrected chi connectivity index (χ3v) is 10.7. The number of hydrogen-bond donors (Lipinski definition) is 2. The molecule has 10 atom stereocenters. The molecule has 4 rings (SSSR count). The van der Waals surface area contributed by atoms with Crippen LogP contribution in [-0.2, 0) is 38.2 Å². The Morgan fingerprint density at radius 3 is 2.11 bits per heavy atom. The van der Waals surface area contributed by atoms with Gasteiger partial charge in [-0.1, -0.05) is 39.8 Å². The van der Waals surface area contributed by atoms with Gasteiger partial charge in [0.05, 0.1) is 30.7 Å². The van der Waals surface area contributed by atoms with Crippen molar-refractivity contribution < 1.29 is 48.4 Å². The van der Waals surface area contributed by atoms with E-state index in [2.05, 4.69) is 6.58 Å². The van der Waals surface area contributed by atoms with Crippen LogP contribution in [0.4, 0.5) is 0 Å². The van der Waals surface area contributed by atoms with Crippen LogP contribution in [0, 0.1) is 39.4 Å². The highest BCUT2D eigenvalue weighted by atomic mass is 16.6. The second-order valence-corrected chi connectivity index (χ2v) is 12.9. The van der Waals surface area contributed by atoms with Crippen molar-refractivity contribution in [3.8, 4) is 0 Å². The minimum atomic E-state index is -2.22. The van der Waals surface area contributed by atoms with E-state index in [9.17, 15) is 34.2 Å². The summed E-state index contributed by atoms with van der Waals surface area (Å²) >= 11 is 0. The molecule has 1 heterocycles. The average Bonchev–Trinajstić information content (AvgIpc) is 2.80. The monoisotopic (exact) mass is 534 g/mol. The molecule has 0 aromatic carbocycles. The van der Waals surface area contributed by atoms with E-state index >= 15 is 0 Å². The molecule has 4 fully saturated rings. The molecule has 0 radical (unpaired) electrons. The SMILES string of the molecule is C=C1C[C@H]2[C@]3(C)[C@H](O)CC(=O)C(C)(C)[C@H]3[C@H](O)[C@H](OC(C)=O)[C@]2(C)[C@H]2C(=O)O[C@](C)(C(=O)OC)C(=O)[C@]12C. The number of methoxy groups -OCH3 is 1.